The maximum Gasteiger partial charge on any atom is 0.0509 e. The number of fused-ring (bicyclic) bond motifs is 4. The summed E-state index contributed by atoms with van der Waals surface area (Å²) in [5.74, 6) is 0. The molecule has 4 nitrogen and oxygen atoms in total. The molecule has 0 bridgehead atoms. The van der Waals surface area contributed by atoms with Crippen LogP contribution in [-0.4, -0.2) is 14.1 Å². The summed E-state index contributed by atoms with van der Waals surface area (Å²) >= 11 is 0. The standard InChI is InChI=1S/C56H52N4/c1-55(2,3)37-19-23-41(24-20-37)59(39-15-11-9-12-16-39)43-27-29-45-47-31-32-48-46-30-28-44(60(40-17-13-10-14-18-40)42-25-21-38(22-26-42)56(4,5)6)36-52(46)58(8)50-34-33-49(53(47)54(48)50)57(7)51(45)35-43/h9-36H,1-8H3. The lowest BCUT2D eigenvalue weighted by atomic mass is 9.84. The molecule has 0 saturated heterocycles. The Bertz CT molecular complexity index is 2700. The van der Waals surface area contributed by atoms with Crippen LogP contribution < -0.4 is 19.6 Å². The number of nitrogens with zero attached hydrogens (tertiary/aromatic N) is 4. The summed E-state index contributed by atoms with van der Waals surface area (Å²) in [4.78, 5) is 9.52. The monoisotopic (exact) mass is 780 g/mol. The lowest BCUT2D eigenvalue weighted by molar-refractivity contribution is 0.590. The minimum Gasteiger partial charge on any atom is -0.344 e. The van der Waals surface area contributed by atoms with Gasteiger partial charge in [0.1, 0.15) is 0 Å². The van der Waals surface area contributed by atoms with E-state index < -0.39 is 0 Å². The first-order valence-corrected chi connectivity index (χ1v) is 21.1. The van der Waals surface area contributed by atoms with Gasteiger partial charge in [-0.2, -0.15) is 0 Å². The molecular formula is C56H52N4. The van der Waals surface area contributed by atoms with Crippen LogP contribution in [0.2, 0.25) is 0 Å². The molecule has 8 aromatic rings. The summed E-state index contributed by atoms with van der Waals surface area (Å²) < 4.78 is 0. The summed E-state index contributed by atoms with van der Waals surface area (Å²) in [6, 6.07) is 62.8. The van der Waals surface area contributed by atoms with Crippen molar-refractivity contribution >= 4 is 67.6 Å². The number of para-hydroxylation sites is 2. The molecule has 2 aliphatic rings. The Balaban J connectivity index is 1.07. The molecule has 4 heteroatoms. The molecule has 0 aliphatic carbocycles. The van der Waals surface area contributed by atoms with E-state index in [9.17, 15) is 0 Å². The molecule has 8 aromatic carbocycles. The predicted octanol–water partition coefficient (Wildman–Crippen LogP) is 15.9. The van der Waals surface area contributed by atoms with Gasteiger partial charge in [-0.05, 0) is 118 Å². The van der Waals surface area contributed by atoms with E-state index in [1.54, 1.807) is 0 Å². The molecule has 0 radical (unpaired) electrons. The second-order valence-corrected chi connectivity index (χ2v) is 18.5. The van der Waals surface area contributed by atoms with Crippen molar-refractivity contribution in [3.05, 3.63) is 181 Å². The zero-order chi connectivity index (χ0) is 41.5. The Hall–Kier alpha value is -6.78. The molecule has 60 heavy (non-hydrogen) atoms. The lowest BCUT2D eigenvalue weighted by Crippen LogP contribution is -2.20. The van der Waals surface area contributed by atoms with Gasteiger partial charge in [0, 0.05) is 81.5 Å². The maximum absolute atomic E-state index is 2.39. The maximum atomic E-state index is 2.39. The fourth-order valence-electron chi connectivity index (χ4n) is 9.33. The number of anilines is 10. The number of rotatable bonds is 6. The fourth-order valence-corrected chi connectivity index (χ4v) is 9.33. The number of hydrogen-bond acceptors (Lipinski definition) is 4. The number of benzene rings is 8. The van der Waals surface area contributed by atoms with Gasteiger partial charge < -0.3 is 19.6 Å². The third-order valence-electron chi connectivity index (χ3n) is 12.6. The Kier molecular flexibility index (Phi) is 8.69. The van der Waals surface area contributed by atoms with Gasteiger partial charge in [0.15, 0.2) is 0 Å². The first kappa shape index (κ1) is 37.5. The third kappa shape index (κ3) is 6.13. The summed E-state index contributed by atoms with van der Waals surface area (Å²) in [6.45, 7) is 13.6. The topological polar surface area (TPSA) is 13.0 Å². The van der Waals surface area contributed by atoms with E-state index in [0.717, 1.165) is 34.1 Å². The van der Waals surface area contributed by atoms with Crippen molar-refractivity contribution in [2.45, 2.75) is 52.4 Å². The van der Waals surface area contributed by atoms with Crippen LogP contribution in [0.15, 0.2) is 170 Å². The van der Waals surface area contributed by atoms with E-state index >= 15 is 0 Å². The first-order chi connectivity index (χ1) is 28.9. The van der Waals surface area contributed by atoms with Gasteiger partial charge in [-0.3, -0.25) is 0 Å². The van der Waals surface area contributed by atoms with E-state index in [4.69, 9.17) is 0 Å². The summed E-state index contributed by atoms with van der Waals surface area (Å²) in [6.07, 6.45) is 0. The van der Waals surface area contributed by atoms with E-state index in [-0.39, 0.29) is 10.8 Å². The number of hydrogen-bond donors (Lipinski definition) is 0. The Labute approximate surface area is 355 Å². The summed E-state index contributed by atoms with van der Waals surface area (Å²) in [5, 5.41) is 2.61. The van der Waals surface area contributed by atoms with Gasteiger partial charge in [0.25, 0.3) is 0 Å². The molecular weight excluding hydrogens is 729 g/mol. The molecule has 0 atom stereocenters. The van der Waals surface area contributed by atoms with Crippen LogP contribution in [0.1, 0.15) is 52.7 Å². The van der Waals surface area contributed by atoms with Crippen molar-refractivity contribution in [2.24, 2.45) is 0 Å². The third-order valence-corrected chi connectivity index (χ3v) is 12.6. The van der Waals surface area contributed by atoms with Gasteiger partial charge >= 0.3 is 0 Å². The molecule has 0 saturated carbocycles. The highest BCUT2D eigenvalue weighted by atomic mass is 15.2. The molecule has 0 fully saturated rings. The van der Waals surface area contributed by atoms with E-state index in [1.807, 2.05) is 0 Å². The highest BCUT2D eigenvalue weighted by molar-refractivity contribution is 6.23. The molecule has 0 aromatic heterocycles. The molecule has 10 rings (SSSR count). The second kappa shape index (κ2) is 13.9. The molecule has 0 unspecified atom stereocenters. The van der Waals surface area contributed by atoms with Crippen molar-refractivity contribution in [1.29, 1.82) is 0 Å². The minimum absolute atomic E-state index is 0.0853. The SMILES string of the molecule is CN1c2cc(N(c3ccccc3)c3ccc(C(C)(C)C)cc3)ccc2-c2ccc3c4c(ccc1c24)N(C)c1cc(N(c2ccccc2)c2ccc(C(C)(C)C)cc2)ccc1-3. The molecule has 0 N–H and O–H groups in total. The molecule has 0 spiro atoms. The Morgan fingerprint density at radius 3 is 0.983 bits per heavy atom. The Morgan fingerprint density at radius 2 is 0.633 bits per heavy atom. The van der Waals surface area contributed by atoms with E-state index in [1.165, 1.54) is 66.9 Å². The first-order valence-electron chi connectivity index (χ1n) is 21.1. The van der Waals surface area contributed by atoms with Crippen molar-refractivity contribution in [2.75, 3.05) is 33.7 Å². The zero-order valence-corrected chi connectivity index (χ0v) is 36.0. The zero-order valence-electron chi connectivity index (χ0n) is 36.0. The molecule has 0 amide bonds. The van der Waals surface area contributed by atoms with Crippen molar-refractivity contribution < 1.29 is 0 Å². The second-order valence-electron chi connectivity index (χ2n) is 18.5. The van der Waals surface area contributed by atoms with Crippen molar-refractivity contribution in [3.63, 3.8) is 0 Å². The van der Waals surface area contributed by atoms with Gasteiger partial charge in [0.05, 0.1) is 11.4 Å². The van der Waals surface area contributed by atoms with Crippen LogP contribution >= 0.6 is 0 Å². The van der Waals surface area contributed by atoms with Gasteiger partial charge in [0.2, 0.25) is 0 Å². The van der Waals surface area contributed by atoms with E-state index in [2.05, 4.69) is 245 Å². The average Bonchev–Trinajstić information content (AvgIpc) is 3.25. The predicted molar refractivity (Wildman–Crippen MR) is 258 cm³/mol. The highest BCUT2D eigenvalue weighted by Crippen LogP contribution is 2.56. The van der Waals surface area contributed by atoms with Crippen LogP contribution in [0.4, 0.5) is 56.9 Å². The molecule has 296 valence electrons. The molecule has 2 heterocycles. The normalized spacial score (nSPS) is 12.9. The average molecular weight is 781 g/mol. The van der Waals surface area contributed by atoms with Crippen LogP contribution in [0.3, 0.4) is 0 Å². The van der Waals surface area contributed by atoms with Crippen LogP contribution in [0.25, 0.3) is 33.0 Å². The minimum atomic E-state index is 0.0853. The van der Waals surface area contributed by atoms with Crippen LogP contribution in [0, 0.1) is 0 Å². The summed E-state index contributed by atoms with van der Waals surface area (Å²) in [7, 11) is 4.44. The summed E-state index contributed by atoms with van der Waals surface area (Å²) in [5.41, 5.74) is 19.5. The highest BCUT2D eigenvalue weighted by Gasteiger charge is 2.31. The van der Waals surface area contributed by atoms with Crippen molar-refractivity contribution in [3.8, 4) is 22.3 Å². The molecule has 2 aliphatic heterocycles. The fraction of sp³-hybridized carbons (Fsp3) is 0.179. The quantitative estimate of drug-likeness (QED) is 0.167. The smallest absolute Gasteiger partial charge is 0.0509 e. The van der Waals surface area contributed by atoms with E-state index in [0.29, 0.717) is 0 Å². The Morgan fingerprint density at radius 1 is 0.317 bits per heavy atom. The van der Waals surface area contributed by atoms with Gasteiger partial charge in [-0.15, -0.1) is 0 Å². The van der Waals surface area contributed by atoms with Gasteiger partial charge in [-0.25, -0.2) is 0 Å². The van der Waals surface area contributed by atoms with Gasteiger partial charge in [-0.1, -0.05) is 126 Å². The van der Waals surface area contributed by atoms with Crippen LogP contribution in [0.5, 0.6) is 0 Å². The van der Waals surface area contributed by atoms with Crippen LogP contribution in [-0.2, 0) is 10.8 Å². The lowest BCUT2D eigenvalue weighted by Gasteiger charge is -2.37. The largest absolute Gasteiger partial charge is 0.344 e. The van der Waals surface area contributed by atoms with Crippen molar-refractivity contribution in [1.82, 2.24) is 0 Å².